The summed E-state index contributed by atoms with van der Waals surface area (Å²) in [6, 6.07) is 8.48. The van der Waals surface area contributed by atoms with Gasteiger partial charge in [-0.2, -0.15) is 0 Å². The summed E-state index contributed by atoms with van der Waals surface area (Å²) in [5.41, 5.74) is -0.464. The number of H-pyrrole nitrogens is 1. The molecular formula is C23H18Cl2FN3O4S. The molecule has 1 unspecified atom stereocenters. The molecule has 1 atom stereocenters. The normalized spacial score (nSPS) is 17.4. The second kappa shape index (κ2) is 9.32. The number of amides is 1. The van der Waals surface area contributed by atoms with E-state index in [1.807, 2.05) is 0 Å². The zero-order valence-electron chi connectivity index (χ0n) is 17.5. The maximum atomic E-state index is 14.5. The van der Waals surface area contributed by atoms with Gasteiger partial charge < -0.3 is 10.3 Å². The molecule has 176 valence electrons. The first kappa shape index (κ1) is 24.1. The fraction of sp³-hybridized carbons (Fsp3) is 0.174. The number of fused-ring (bicyclic) bond motifs is 1. The van der Waals surface area contributed by atoms with Crippen molar-refractivity contribution in [2.24, 2.45) is 4.99 Å². The van der Waals surface area contributed by atoms with Gasteiger partial charge in [0.25, 0.3) is 5.91 Å². The van der Waals surface area contributed by atoms with Crippen LogP contribution in [0.5, 0.6) is 0 Å². The quantitative estimate of drug-likeness (QED) is 0.458. The maximum absolute atomic E-state index is 14.5. The highest BCUT2D eigenvalue weighted by Gasteiger charge is 2.44. The number of halogens is 3. The zero-order valence-corrected chi connectivity index (χ0v) is 19.8. The van der Waals surface area contributed by atoms with Crippen LogP contribution < -0.4 is 10.7 Å². The highest BCUT2D eigenvalue weighted by atomic mass is 35.5. The van der Waals surface area contributed by atoms with Crippen LogP contribution >= 0.6 is 23.2 Å². The van der Waals surface area contributed by atoms with E-state index in [0.717, 1.165) is 23.9 Å². The number of alkyl halides is 1. The first-order chi connectivity index (χ1) is 16.2. The number of carbonyl (C=O) groups excluding carboxylic acids is 1. The van der Waals surface area contributed by atoms with Crippen molar-refractivity contribution in [2.75, 3.05) is 5.88 Å². The van der Waals surface area contributed by atoms with Crippen LogP contribution in [0, 0.1) is 5.82 Å². The molecule has 11 heteroatoms. The molecule has 2 N–H and O–H groups in total. The minimum absolute atomic E-state index is 0.0113. The number of benzene rings is 2. The fourth-order valence-electron chi connectivity index (χ4n) is 3.70. The van der Waals surface area contributed by atoms with E-state index in [0.29, 0.717) is 5.02 Å². The Morgan fingerprint density at radius 2 is 1.94 bits per heavy atom. The summed E-state index contributed by atoms with van der Waals surface area (Å²) >= 11 is 11.7. The van der Waals surface area contributed by atoms with E-state index in [1.54, 1.807) is 24.3 Å². The van der Waals surface area contributed by atoms with E-state index >= 15 is 0 Å². The van der Waals surface area contributed by atoms with Gasteiger partial charge in [0.05, 0.1) is 15.8 Å². The van der Waals surface area contributed by atoms with Crippen molar-refractivity contribution in [2.45, 2.75) is 22.7 Å². The molecule has 0 radical (unpaired) electrons. The Kier molecular flexibility index (Phi) is 6.62. The number of rotatable bonds is 7. The van der Waals surface area contributed by atoms with Crippen LogP contribution in [0.2, 0.25) is 5.02 Å². The molecule has 0 saturated carbocycles. The molecule has 1 amide bonds. The summed E-state index contributed by atoms with van der Waals surface area (Å²) in [4.78, 5) is 30.3. The smallest absolute Gasteiger partial charge is 0.257 e. The van der Waals surface area contributed by atoms with E-state index in [2.05, 4.69) is 15.3 Å². The summed E-state index contributed by atoms with van der Waals surface area (Å²) in [6.07, 6.45) is 5.24. The Morgan fingerprint density at radius 1 is 1.21 bits per heavy atom. The van der Waals surface area contributed by atoms with Gasteiger partial charge in [-0.1, -0.05) is 23.7 Å². The molecule has 0 spiro atoms. The highest BCUT2D eigenvalue weighted by Crippen LogP contribution is 2.37. The Bertz CT molecular complexity index is 1490. The first-order valence-electron chi connectivity index (χ1n) is 10.1. The molecule has 0 aliphatic carbocycles. The molecule has 2 aromatic carbocycles. The molecule has 34 heavy (non-hydrogen) atoms. The second-order valence-electron chi connectivity index (χ2n) is 7.59. The summed E-state index contributed by atoms with van der Waals surface area (Å²) in [5, 5.41) is 2.88. The van der Waals surface area contributed by atoms with E-state index in [4.69, 9.17) is 23.2 Å². The summed E-state index contributed by atoms with van der Waals surface area (Å²) in [7, 11) is -4.30. The Hall–Kier alpha value is -3.01. The van der Waals surface area contributed by atoms with Crippen LogP contribution in [-0.2, 0) is 16.4 Å². The molecule has 1 aromatic heterocycles. The third kappa shape index (κ3) is 4.26. The number of nitrogens with one attached hydrogen (secondary N) is 2. The summed E-state index contributed by atoms with van der Waals surface area (Å²) in [6.45, 7) is 0.127. The van der Waals surface area contributed by atoms with Gasteiger partial charge in [-0.05, 0) is 42.0 Å². The number of aliphatic imine (C=N–C) groups is 1. The second-order valence-corrected chi connectivity index (χ2v) is 10.6. The third-order valence-corrected chi connectivity index (χ3v) is 8.19. The first-order valence-corrected chi connectivity index (χ1v) is 12.5. The van der Waals surface area contributed by atoms with Crippen LogP contribution in [0.3, 0.4) is 0 Å². The van der Waals surface area contributed by atoms with Gasteiger partial charge in [-0.3, -0.25) is 14.6 Å². The number of aromatic nitrogens is 1. The van der Waals surface area contributed by atoms with Crippen LogP contribution in [-0.4, -0.2) is 36.3 Å². The average molecular weight is 522 g/mol. The molecule has 1 aliphatic rings. The number of allylic oxidation sites excluding steroid dienone is 1. The lowest BCUT2D eigenvalue weighted by Crippen LogP contribution is -2.34. The topological polar surface area (TPSA) is 108 Å². The van der Waals surface area contributed by atoms with Gasteiger partial charge >= 0.3 is 0 Å². The van der Waals surface area contributed by atoms with Gasteiger partial charge in [0.1, 0.15) is 11.4 Å². The fourth-order valence-corrected chi connectivity index (χ4v) is 6.14. The van der Waals surface area contributed by atoms with Crippen LogP contribution in [0.15, 0.2) is 69.4 Å². The largest absolute Gasteiger partial charge is 0.359 e. The van der Waals surface area contributed by atoms with Gasteiger partial charge in [0, 0.05) is 36.3 Å². The number of pyridine rings is 1. The number of aromatic amines is 1. The Labute approximate surface area is 204 Å². The van der Waals surface area contributed by atoms with Crippen LogP contribution in [0.4, 0.5) is 4.39 Å². The Balaban J connectivity index is 1.75. The molecule has 7 nitrogen and oxygen atoms in total. The predicted molar refractivity (Wildman–Crippen MR) is 130 cm³/mol. The van der Waals surface area contributed by atoms with E-state index in [1.165, 1.54) is 18.4 Å². The van der Waals surface area contributed by atoms with Crippen molar-refractivity contribution in [1.29, 1.82) is 0 Å². The monoisotopic (exact) mass is 521 g/mol. The van der Waals surface area contributed by atoms with Gasteiger partial charge in [-0.15, -0.1) is 11.6 Å². The minimum atomic E-state index is -4.30. The SMILES string of the molecule is O=C(NCc1ccc(Cl)cc1)c1c[nH]c2c(S(=O)(=O)C3(CCCl)C=CC=N3)cc(F)cc2c1=O. The van der Waals surface area contributed by atoms with E-state index < -0.39 is 36.8 Å². The molecule has 4 rings (SSSR count). The zero-order chi connectivity index (χ0) is 24.5. The molecule has 0 fully saturated rings. The Morgan fingerprint density at radius 3 is 2.59 bits per heavy atom. The molecule has 2 heterocycles. The number of nitrogens with zero attached hydrogens (tertiary/aromatic N) is 1. The lowest BCUT2D eigenvalue weighted by Gasteiger charge is -2.24. The van der Waals surface area contributed by atoms with Crippen molar-refractivity contribution in [1.82, 2.24) is 10.3 Å². The molecular weight excluding hydrogens is 504 g/mol. The predicted octanol–water partition coefficient (Wildman–Crippen LogP) is 3.99. The molecule has 0 bridgehead atoms. The van der Waals surface area contributed by atoms with Gasteiger partial charge in [0.15, 0.2) is 4.87 Å². The van der Waals surface area contributed by atoms with Crippen LogP contribution in [0.25, 0.3) is 10.9 Å². The molecule has 1 aliphatic heterocycles. The third-order valence-electron chi connectivity index (χ3n) is 5.47. The van der Waals surface area contributed by atoms with Crippen molar-refractivity contribution in [3.63, 3.8) is 0 Å². The van der Waals surface area contributed by atoms with E-state index in [-0.39, 0.29) is 35.3 Å². The van der Waals surface area contributed by atoms with Crippen molar-refractivity contribution in [3.05, 3.63) is 86.9 Å². The van der Waals surface area contributed by atoms with Crippen molar-refractivity contribution in [3.8, 4) is 0 Å². The molecule has 0 saturated heterocycles. The number of hydrogen-bond donors (Lipinski definition) is 2. The molecule has 3 aromatic rings. The van der Waals surface area contributed by atoms with Crippen molar-refractivity contribution < 1.29 is 17.6 Å². The average Bonchev–Trinajstić information content (AvgIpc) is 3.29. The highest BCUT2D eigenvalue weighted by molar-refractivity contribution is 7.93. The van der Waals surface area contributed by atoms with Gasteiger partial charge in [0.2, 0.25) is 15.3 Å². The summed E-state index contributed by atoms with van der Waals surface area (Å²) < 4.78 is 41.6. The number of sulfone groups is 1. The minimum Gasteiger partial charge on any atom is -0.359 e. The van der Waals surface area contributed by atoms with Gasteiger partial charge in [-0.25, -0.2) is 12.8 Å². The number of carbonyl (C=O) groups is 1. The lowest BCUT2D eigenvalue weighted by atomic mass is 10.1. The van der Waals surface area contributed by atoms with Crippen LogP contribution in [0.1, 0.15) is 22.3 Å². The maximum Gasteiger partial charge on any atom is 0.257 e. The van der Waals surface area contributed by atoms with Crippen molar-refractivity contribution >= 4 is 56.1 Å². The lowest BCUT2D eigenvalue weighted by molar-refractivity contribution is 0.0949. The van der Waals surface area contributed by atoms with E-state index in [9.17, 15) is 22.4 Å². The summed E-state index contributed by atoms with van der Waals surface area (Å²) in [5.74, 6) is -1.65. The number of hydrogen-bond acceptors (Lipinski definition) is 5. The standard InChI is InChI=1S/C23H18Cl2FN3O4S/c24-8-7-23(6-1-9-29-23)34(32,33)19-11-16(26)10-17-20(19)27-13-18(21(17)30)22(31)28-12-14-2-4-15(25)5-3-14/h1-6,9-11,13H,7-8,12H2,(H,27,30)(H,28,31).